The Labute approximate surface area is 124 Å². The summed E-state index contributed by atoms with van der Waals surface area (Å²) < 4.78 is 40.6. The molecule has 1 aromatic rings. The molecule has 0 unspecified atom stereocenters. The Balaban J connectivity index is 2.14. The molecule has 2 rings (SSSR count). The van der Waals surface area contributed by atoms with Crippen molar-refractivity contribution in [1.82, 2.24) is 4.72 Å². The van der Waals surface area contributed by atoms with Crippen molar-refractivity contribution < 1.29 is 17.9 Å². The number of aliphatic hydroxyl groups is 1. The second-order valence-electron chi connectivity index (χ2n) is 5.59. The van der Waals surface area contributed by atoms with Gasteiger partial charge >= 0.3 is 0 Å². The molecule has 0 amide bonds. The minimum atomic E-state index is -3.72. The summed E-state index contributed by atoms with van der Waals surface area (Å²) in [6.07, 6.45) is 3.12. The molecule has 0 aliphatic heterocycles. The van der Waals surface area contributed by atoms with Gasteiger partial charge in [0.05, 0.1) is 10.5 Å². The quantitative estimate of drug-likeness (QED) is 0.831. The number of aliphatic hydroxyl groups excluding tert-OH is 1. The van der Waals surface area contributed by atoms with Gasteiger partial charge in [0.25, 0.3) is 0 Å². The van der Waals surface area contributed by atoms with Crippen LogP contribution >= 0.6 is 0 Å². The van der Waals surface area contributed by atoms with Gasteiger partial charge in [0, 0.05) is 6.54 Å². The fourth-order valence-electron chi connectivity index (χ4n) is 2.21. The van der Waals surface area contributed by atoms with Crippen LogP contribution in [0.5, 0.6) is 0 Å². The van der Waals surface area contributed by atoms with Gasteiger partial charge in [-0.15, -0.1) is 0 Å². The summed E-state index contributed by atoms with van der Waals surface area (Å²) in [5.41, 5.74) is 0.0759. The van der Waals surface area contributed by atoms with Crippen LogP contribution in [-0.4, -0.2) is 26.7 Å². The predicted octanol–water partition coefficient (Wildman–Crippen LogP) is 1.64. The van der Waals surface area contributed by atoms with E-state index in [1.54, 1.807) is 0 Å². The van der Waals surface area contributed by atoms with Crippen molar-refractivity contribution in [2.75, 3.05) is 13.2 Å². The Morgan fingerprint density at radius 1 is 1.43 bits per heavy atom. The van der Waals surface area contributed by atoms with Gasteiger partial charge in [0.1, 0.15) is 12.4 Å². The van der Waals surface area contributed by atoms with E-state index in [9.17, 15) is 12.8 Å². The molecule has 0 heterocycles. The molecule has 0 radical (unpaired) electrons. The first-order valence-electron chi connectivity index (χ1n) is 6.75. The first-order valence-corrected chi connectivity index (χ1v) is 8.24. The SMILES string of the molecule is CC1(CNS(=O)(=O)c2ccc(C#CCO)c(F)c2)CCC1. The fourth-order valence-corrected chi connectivity index (χ4v) is 3.42. The molecule has 1 aliphatic carbocycles. The van der Waals surface area contributed by atoms with E-state index in [2.05, 4.69) is 16.6 Å². The molecule has 6 heteroatoms. The zero-order valence-electron chi connectivity index (χ0n) is 11.8. The lowest BCUT2D eigenvalue weighted by atomic mass is 9.71. The monoisotopic (exact) mass is 311 g/mol. The first-order chi connectivity index (χ1) is 9.86. The van der Waals surface area contributed by atoms with Crippen molar-refractivity contribution in [2.24, 2.45) is 5.41 Å². The first kappa shape index (κ1) is 16.0. The molecule has 0 saturated heterocycles. The highest BCUT2D eigenvalue weighted by atomic mass is 32.2. The van der Waals surface area contributed by atoms with Gasteiger partial charge < -0.3 is 5.11 Å². The van der Waals surface area contributed by atoms with Gasteiger partial charge in [0.15, 0.2) is 0 Å². The van der Waals surface area contributed by atoms with E-state index in [4.69, 9.17) is 5.11 Å². The van der Waals surface area contributed by atoms with Crippen LogP contribution in [0, 0.1) is 23.1 Å². The van der Waals surface area contributed by atoms with Crippen molar-refractivity contribution in [3.8, 4) is 11.8 Å². The average molecular weight is 311 g/mol. The summed E-state index contributed by atoms with van der Waals surface area (Å²) in [6, 6.07) is 3.57. The smallest absolute Gasteiger partial charge is 0.240 e. The van der Waals surface area contributed by atoms with Crippen LogP contribution in [-0.2, 0) is 10.0 Å². The Hall–Kier alpha value is -1.42. The van der Waals surface area contributed by atoms with E-state index < -0.39 is 15.8 Å². The number of halogens is 1. The molecule has 0 bridgehead atoms. The summed E-state index contributed by atoms with van der Waals surface area (Å²) in [5, 5.41) is 8.58. The third-order valence-electron chi connectivity index (χ3n) is 3.80. The highest BCUT2D eigenvalue weighted by Crippen LogP contribution is 2.39. The Bertz CT molecular complexity index is 685. The maximum Gasteiger partial charge on any atom is 0.240 e. The molecule has 0 aromatic heterocycles. The summed E-state index contributed by atoms with van der Waals surface area (Å²) in [6.45, 7) is 2.02. The van der Waals surface area contributed by atoms with Crippen LogP contribution in [0.1, 0.15) is 31.7 Å². The predicted molar refractivity (Wildman–Crippen MR) is 77.5 cm³/mol. The van der Waals surface area contributed by atoms with Gasteiger partial charge in [-0.25, -0.2) is 17.5 Å². The van der Waals surface area contributed by atoms with E-state index in [-0.39, 0.29) is 22.5 Å². The van der Waals surface area contributed by atoms with Crippen molar-refractivity contribution >= 4 is 10.0 Å². The van der Waals surface area contributed by atoms with Crippen molar-refractivity contribution in [3.63, 3.8) is 0 Å². The zero-order chi connectivity index (χ0) is 15.5. The van der Waals surface area contributed by atoms with Gasteiger partial charge in [-0.1, -0.05) is 25.2 Å². The third kappa shape index (κ3) is 3.82. The molecule has 0 atom stereocenters. The Morgan fingerprint density at radius 2 is 2.14 bits per heavy atom. The zero-order valence-corrected chi connectivity index (χ0v) is 12.6. The van der Waals surface area contributed by atoms with Gasteiger partial charge in [0.2, 0.25) is 10.0 Å². The van der Waals surface area contributed by atoms with E-state index in [1.165, 1.54) is 12.1 Å². The van der Waals surface area contributed by atoms with Crippen LogP contribution in [0.4, 0.5) is 4.39 Å². The lowest BCUT2D eigenvalue weighted by Crippen LogP contribution is -2.39. The lowest BCUT2D eigenvalue weighted by molar-refractivity contribution is 0.166. The Morgan fingerprint density at radius 3 is 2.67 bits per heavy atom. The molecule has 1 aliphatic rings. The van der Waals surface area contributed by atoms with Crippen LogP contribution in [0.2, 0.25) is 0 Å². The molecule has 4 nitrogen and oxygen atoms in total. The summed E-state index contributed by atoms with van der Waals surface area (Å²) in [5.74, 6) is 4.04. The van der Waals surface area contributed by atoms with Crippen molar-refractivity contribution in [3.05, 3.63) is 29.6 Å². The van der Waals surface area contributed by atoms with Gasteiger partial charge in [-0.05, 0) is 36.5 Å². The van der Waals surface area contributed by atoms with Crippen molar-refractivity contribution in [1.29, 1.82) is 0 Å². The number of hydrogen-bond acceptors (Lipinski definition) is 3. The lowest BCUT2D eigenvalue weighted by Gasteiger charge is -2.38. The standard InChI is InChI=1S/C15H18FNO3S/c1-15(7-3-8-15)11-17-21(19,20)13-6-5-12(4-2-9-18)14(16)10-13/h5-6,10,17-18H,3,7-9,11H2,1H3. The minimum absolute atomic E-state index is 0.0121. The number of hydrogen-bond donors (Lipinski definition) is 2. The Kier molecular flexibility index (Phi) is 4.67. The molecule has 1 saturated carbocycles. The fraction of sp³-hybridized carbons (Fsp3) is 0.467. The van der Waals surface area contributed by atoms with Crippen LogP contribution < -0.4 is 4.72 Å². The highest BCUT2D eigenvalue weighted by molar-refractivity contribution is 7.89. The topological polar surface area (TPSA) is 66.4 Å². The van der Waals surface area contributed by atoms with Crippen LogP contribution in [0.15, 0.2) is 23.1 Å². The van der Waals surface area contributed by atoms with Crippen molar-refractivity contribution in [2.45, 2.75) is 31.1 Å². The van der Waals surface area contributed by atoms with E-state index >= 15 is 0 Å². The minimum Gasteiger partial charge on any atom is -0.384 e. The van der Waals surface area contributed by atoms with Crippen LogP contribution in [0.25, 0.3) is 0 Å². The molecule has 1 fully saturated rings. The van der Waals surface area contributed by atoms with Crippen LogP contribution in [0.3, 0.4) is 0 Å². The maximum absolute atomic E-state index is 13.8. The third-order valence-corrected chi connectivity index (χ3v) is 5.20. The number of benzene rings is 1. The highest BCUT2D eigenvalue weighted by Gasteiger charge is 2.33. The molecular formula is C15H18FNO3S. The molecule has 2 N–H and O–H groups in total. The molecular weight excluding hydrogens is 293 g/mol. The average Bonchev–Trinajstić information content (AvgIpc) is 2.42. The molecule has 21 heavy (non-hydrogen) atoms. The second kappa shape index (κ2) is 6.14. The summed E-state index contributed by atoms with van der Waals surface area (Å²) >= 11 is 0. The normalized spacial score (nSPS) is 16.7. The van der Waals surface area contributed by atoms with E-state index in [1.807, 2.05) is 6.92 Å². The van der Waals surface area contributed by atoms with Gasteiger partial charge in [-0.2, -0.15) is 0 Å². The largest absolute Gasteiger partial charge is 0.384 e. The summed E-state index contributed by atoms with van der Waals surface area (Å²) in [4.78, 5) is -0.113. The number of nitrogens with one attached hydrogen (secondary N) is 1. The van der Waals surface area contributed by atoms with Gasteiger partial charge in [-0.3, -0.25) is 0 Å². The molecule has 114 valence electrons. The molecule has 1 aromatic carbocycles. The summed E-state index contributed by atoms with van der Waals surface area (Å²) in [7, 11) is -3.72. The number of rotatable bonds is 4. The number of sulfonamides is 1. The second-order valence-corrected chi connectivity index (χ2v) is 7.36. The van der Waals surface area contributed by atoms with E-state index in [0.29, 0.717) is 6.54 Å². The molecule has 0 spiro atoms. The van der Waals surface area contributed by atoms with E-state index in [0.717, 1.165) is 25.3 Å². The maximum atomic E-state index is 13.8.